The molecular weight excluding hydrogens is 443 g/mol. The van der Waals surface area contributed by atoms with Gasteiger partial charge in [-0.05, 0) is 24.6 Å². The van der Waals surface area contributed by atoms with Crippen LogP contribution in [-0.2, 0) is 31.5 Å². The van der Waals surface area contributed by atoms with E-state index in [4.69, 9.17) is 42.1 Å². The third-order valence-electron chi connectivity index (χ3n) is 4.22. The monoisotopic (exact) mass is 460 g/mol. The number of fused-ring (bicyclic) bond motifs is 1. The Balaban J connectivity index is 1.60. The van der Waals surface area contributed by atoms with E-state index in [9.17, 15) is 14.2 Å². The van der Waals surface area contributed by atoms with Gasteiger partial charge in [0.1, 0.15) is 10.4 Å². The van der Waals surface area contributed by atoms with E-state index < -0.39 is 19.6 Å². The van der Waals surface area contributed by atoms with E-state index in [2.05, 4.69) is 4.98 Å². The Labute approximate surface area is 176 Å². The van der Waals surface area contributed by atoms with Crippen LogP contribution in [0.1, 0.15) is 22.3 Å². The zero-order valence-electron chi connectivity index (χ0n) is 15.3. The van der Waals surface area contributed by atoms with Crippen LogP contribution < -0.4 is 10.2 Å². The lowest BCUT2D eigenvalue weighted by Gasteiger charge is -2.26. The SMILES string of the molecule is COC(CCn1cc(C=O)c(=S)[nH]c1=O)COP1(=O)OCc2cc(Cl)ccc2O1. The molecule has 1 aromatic carbocycles. The van der Waals surface area contributed by atoms with E-state index >= 15 is 0 Å². The number of nitrogens with one attached hydrogen (secondary N) is 1. The standard InChI is InChI=1S/C17H18ClN2O7PS/c1-24-14(4-5-20-7-12(8-21)16(29)19-17(20)22)10-26-28(23)25-9-11-6-13(18)2-3-15(11)27-28/h2-3,6-8,14H,4-5,9-10H2,1H3,(H,19,22,29). The summed E-state index contributed by atoms with van der Waals surface area (Å²) in [7, 11) is -2.35. The molecule has 0 amide bonds. The quantitative estimate of drug-likeness (QED) is 0.362. The van der Waals surface area contributed by atoms with Crippen molar-refractivity contribution in [3.05, 3.63) is 55.7 Å². The Kier molecular flexibility index (Phi) is 7.05. The van der Waals surface area contributed by atoms with Crippen molar-refractivity contribution in [1.82, 2.24) is 9.55 Å². The predicted molar refractivity (Wildman–Crippen MR) is 107 cm³/mol. The van der Waals surface area contributed by atoms with Gasteiger partial charge >= 0.3 is 13.5 Å². The van der Waals surface area contributed by atoms with Crippen LogP contribution in [0.25, 0.3) is 0 Å². The first-order valence-electron chi connectivity index (χ1n) is 8.52. The Morgan fingerprint density at radius 1 is 1.48 bits per heavy atom. The van der Waals surface area contributed by atoms with E-state index in [0.717, 1.165) is 0 Å². The average molecular weight is 461 g/mol. The van der Waals surface area contributed by atoms with E-state index in [1.54, 1.807) is 18.2 Å². The van der Waals surface area contributed by atoms with Crippen molar-refractivity contribution in [2.75, 3.05) is 13.7 Å². The number of benzene rings is 1. The number of phosphoric ester groups is 1. The van der Waals surface area contributed by atoms with Gasteiger partial charge in [-0.2, -0.15) is 0 Å². The van der Waals surface area contributed by atoms with Crippen molar-refractivity contribution in [2.24, 2.45) is 0 Å². The molecule has 2 heterocycles. The Bertz CT molecular complexity index is 1070. The summed E-state index contributed by atoms with van der Waals surface area (Å²) in [5, 5.41) is 0.516. The lowest BCUT2D eigenvalue weighted by molar-refractivity contribution is 0.0301. The van der Waals surface area contributed by atoms with Gasteiger partial charge in [0, 0.05) is 30.4 Å². The second kappa shape index (κ2) is 9.34. The van der Waals surface area contributed by atoms with E-state index in [1.807, 2.05) is 0 Å². The van der Waals surface area contributed by atoms with Crippen molar-refractivity contribution in [3.8, 4) is 5.75 Å². The molecule has 9 nitrogen and oxygen atoms in total. The summed E-state index contributed by atoms with van der Waals surface area (Å²) >= 11 is 10.8. The molecule has 3 rings (SSSR count). The van der Waals surface area contributed by atoms with Gasteiger partial charge < -0.3 is 9.26 Å². The maximum atomic E-state index is 12.7. The molecule has 1 aliphatic heterocycles. The van der Waals surface area contributed by atoms with Crippen LogP contribution in [0.3, 0.4) is 0 Å². The zero-order chi connectivity index (χ0) is 21.0. The van der Waals surface area contributed by atoms with Crippen molar-refractivity contribution >= 4 is 37.9 Å². The number of aromatic nitrogens is 2. The first-order chi connectivity index (χ1) is 13.8. The Hall–Kier alpha value is -1.81. The summed E-state index contributed by atoms with van der Waals surface area (Å²) in [4.78, 5) is 25.4. The van der Waals surface area contributed by atoms with Gasteiger partial charge in [-0.1, -0.05) is 23.8 Å². The van der Waals surface area contributed by atoms with E-state index in [-0.39, 0.29) is 30.0 Å². The van der Waals surface area contributed by atoms with Gasteiger partial charge in [-0.3, -0.25) is 23.4 Å². The van der Waals surface area contributed by atoms with Gasteiger partial charge in [0.2, 0.25) is 0 Å². The number of phosphoric acid groups is 1. The molecule has 0 spiro atoms. The topological polar surface area (TPSA) is 109 Å². The van der Waals surface area contributed by atoms with Gasteiger partial charge in [-0.25, -0.2) is 9.36 Å². The van der Waals surface area contributed by atoms with Crippen LogP contribution in [0, 0.1) is 4.64 Å². The highest BCUT2D eigenvalue weighted by atomic mass is 35.5. The number of carbonyl (C=O) groups excluding carboxylic acids is 1. The van der Waals surface area contributed by atoms with Crippen LogP contribution in [0.4, 0.5) is 0 Å². The van der Waals surface area contributed by atoms with Gasteiger partial charge in [-0.15, -0.1) is 0 Å². The number of rotatable bonds is 8. The lowest BCUT2D eigenvalue weighted by Crippen LogP contribution is -2.27. The fourth-order valence-electron chi connectivity index (χ4n) is 2.61. The van der Waals surface area contributed by atoms with Crippen molar-refractivity contribution in [3.63, 3.8) is 0 Å². The molecular formula is C17H18ClN2O7PS. The summed E-state index contributed by atoms with van der Waals surface area (Å²) < 4.78 is 35.4. The molecule has 1 aromatic heterocycles. The number of hydrogen-bond donors (Lipinski definition) is 1. The summed E-state index contributed by atoms with van der Waals surface area (Å²) in [5.41, 5.74) is 0.429. The molecule has 2 aromatic rings. The van der Waals surface area contributed by atoms with Gasteiger partial charge in [0.15, 0.2) is 6.29 Å². The Morgan fingerprint density at radius 3 is 3.00 bits per heavy atom. The highest BCUT2D eigenvalue weighted by Gasteiger charge is 2.35. The van der Waals surface area contributed by atoms with Crippen molar-refractivity contribution in [1.29, 1.82) is 0 Å². The number of carbonyl (C=O) groups is 1. The summed E-state index contributed by atoms with van der Waals surface area (Å²) in [6.45, 7) is 0.174. The van der Waals surface area contributed by atoms with Crippen molar-refractivity contribution in [2.45, 2.75) is 25.7 Å². The molecule has 156 valence electrons. The number of methoxy groups -OCH3 is 1. The fraction of sp³-hybridized carbons (Fsp3) is 0.353. The molecule has 0 saturated heterocycles. The van der Waals surface area contributed by atoms with Crippen LogP contribution in [0.2, 0.25) is 5.02 Å². The Morgan fingerprint density at radius 2 is 2.28 bits per heavy atom. The molecule has 2 unspecified atom stereocenters. The molecule has 0 saturated carbocycles. The second-order valence-corrected chi connectivity index (χ2v) is 8.60. The maximum absolute atomic E-state index is 12.7. The number of halogens is 1. The van der Waals surface area contributed by atoms with Crippen LogP contribution in [0.5, 0.6) is 5.75 Å². The lowest BCUT2D eigenvalue weighted by atomic mass is 10.2. The number of hydrogen-bond acceptors (Lipinski definition) is 8. The average Bonchev–Trinajstić information content (AvgIpc) is 2.69. The molecule has 0 fully saturated rings. The molecule has 1 N–H and O–H groups in total. The molecule has 0 aliphatic carbocycles. The normalized spacial score (nSPS) is 19.2. The molecule has 2 atom stereocenters. The van der Waals surface area contributed by atoms with Crippen LogP contribution >= 0.6 is 31.6 Å². The largest absolute Gasteiger partial charge is 0.530 e. The second-order valence-electron chi connectivity index (χ2n) is 6.16. The molecule has 0 radical (unpaired) electrons. The number of nitrogens with zero attached hydrogens (tertiary/aromatic N) is 1. The summed E-state index contributed by atoms with van der Waals surface area (Å²) in [6.07, 6.45) is 1.78. The van der Waals surface area contributed by atoms with E-state index in [0.29, 0.717) is 29.0 Å². The van der Waals surface area contributed by atoms with E-state index in [1.165, 1.54) is 17.9 Å². The number of aromatic amines is 1. The highest BCUT2D eigenvalue weighted by molar-refractivity contribution is 7.71. The number of ether oxygens (including phenoxy) is 1. The third kappa shape index (κ3) is 5.42. The van der Waals surface area contributed by atoms with Crippen LogP contribution in [0.15, 0.2) is 29.2 Å². The van der Waals surface area contributed by atoms with Crippen molar-refractivity contribution < 1.29 is 27.7 Å². The third-order valence-corrected chi connectivity index (χ3v) is 6.12. The molecule has 1 aliphatic rings. The first-order valence-corrected chi connectivity index (χ1v) is 10.8. The fourth-order valence-corrected chi connectivity index (χ4v) is 4.24. The number of aryl methyl sites for hydroxylation is 1. The maximum Gasteiger partial charge on any atom is 0.530 e. The minimum atomic E-state index is -3.81. The summed E-state index contributed by atoms with van der Waals surface area (Å²) in [5.74, 6) is 0.380. The molecule has 0 bridgehead atoms. The number of aldehydes is 1. The summed E-state index contributed by atoms with van der Waals surface area (Å²) in [6, 6.07) is 4.87. The highest BCUT2D eigenvalue weighted by Crippen LogP contribution is 2.54. The zero-order valence-corrected chi connectivity index (χ0v) is 17.8. The minimum absolute atomic E-state index is 0.0396. The smallest absolute Gasteiger partial charge is 0.404 e. The predicted octanol–water partition coefficient (Wildman–Crippen LogP) is 3.51. The van der Waals surface area contributed by atoms with Crippen LogP contribution in [-0.4, -0.2) is 35.7 Å². The minimum Gasteiger partial charge on any atom is -0.404 e. The molecule has 29 heavy (non-hydrogen) atoms. The number of H-pyrrole nitrogens is 1. The first kappa shape index (κ1) is 21.9. The molecule has 12 heteroatoms. The van der Waals surface area contributed by atoms with Gasteiger partial charge in [0.05, 0.1) is 24.9 Å². The van der Waals surface area contributed by atoms with Gasteiger partial charge in [0.25, 0.3) is 0 Å².